The molecule has 2 rings (SSSR count). The van der Waals surface area contributed by atoms with Gasteiger partial charge in [-0.05, 0) is 19.4 Å². The van der Waals surface area contributed by atoms with Gasteiger partial charge in [-0.15, -0.1) is 0 Å². The van der Waals surface area contributed by atoms with Crippen LogP contribution in [-0.4, -0.2) is 11.7 Å². The molecule has 0 aliphatic carbocycles. The third-order valence-corrected chi connectivity index (χ3v) is 2.22. The molecule has 1 atom stereocenters. The van der Waals surface area contributed by atoms with Gasteiger partial charge in [-0.2, -0.15) is 13.2 Å². The summed E-state index contributed by atoms with van der Waals surface area (Å²) >= 11 is 0. The van der Waals surface area contributed by atoms with Crippen LogP contribution in [0.5, 0.6) is 0 Å². The minimum atomic E-state index is -4.42. The fraction of sp³-hybridized carbons (Fsp3) is 0.625. The Kier molecular flexibility index (Phi) is 2.22. The Labute approximate surface area is 78.3 Å². The maximum Gasteiger partial charge on any atom is 0.436 e. The van der Waals surface area contributed by atoms with Crippen molar-refractivity contribution in [2.75, 3.05) is 6.54 Å². The summed E-state index contributed by atoms with van der Waals surface area (Å²) in [4.78, 5) is 0. The van der Waals surface area contributed by atoms with Gasteiger partial charge in [-0.3, -0.25) is 0 Å². The van der Waals surface area contributed by atoms with E-state index in [4.69, 9.17) is 0 Å². The van der Waals surface area contributed by atoms with E-state index in [0.29, 0.717) is 0 Å². The van der Waals surface area contributed by atoms with Crippen molar-refractivity contribution in [1.29, 1.82) is 0 Å². The molecular formula is C8H9F3N2O. The van der Waals surface area contributed by atoms with Gasteiger partial charge >= 0.3 is 6.18 Å². The summed E-state index contributed by atoms with van der Waals surface area (Å²) in [6, 6.07) is 0.849. The van der Waals surface area contributed by atoms with E-state index >= 15 is 0 Å². The van der Waals surface area contributed by atoms with Crippen LogP contribution in [0.25, 0.3) is 0 Å². The second kappa shape index (κ2) is 3.27. The normalized spacial score (nSPS) is 22.9. The van der Waals surface area contributed by atoms with Gasteiger partial charge in [-0.1, -0.05) is 5.16 Å². The van der Waals surface area contributed by atoms with Gasteiger partial charge in [-0.25, -0.2) is 0 Å². The Morgan fingerprint density at radius 1 is 1.50 bits per heavy atom. The maximum absolute atomic E-state index is 12.1. The van der Waals surface area contributed by atoms with Crippen molar-refractivity contribution < 1.29 is 17.7 Å². The quantitative estimate of drug-likeness (QED) is 0.764. The second-order valence-electron chi connectivity index (χ2n) is 3.26. The number of rotatable bonds is 1. The zero-order valence-corrected chi connectivity index (χ0v) is 7.27. The van der Waals surface area contributed by atoms with Gasteiger partial charge in [0.25, 0.3) is 0 Å². The van der Waals surface area contributed by atoms with E-state index < -0.39 is 11.9 Å². The molecule has 3 nitrogen and oxygen atoms in total. The lowest BCUT2D eigenvalue weighted by molar-refractivity contribution is -0.142. The molecule has 0 spiro atoms. The van der Waals surface area contributed by atoms with E-state index in [1.54, 1.807) is 0 Å². The number of nitrogens with one attached hydrogen (secondary N) is 1. The lowest BCUT2D eigenvalue weighted by Crippen LogP contribution is -2.12. The summed E-state index contributed by atoms with van der Waals surface area (Å²) < 4.78 is 41.1. The molecule has 1 saturated heterocycles. The molecule has 1 aliphatic heterocycles. The molecule has 0 amide bonds. The van der Waals surface area contributed by atoms with Gasteiger partial charge in [0.05, 0.1) is 6.04 Å². The highest BCUT2D eigenvalue weighted by Crippen LogP contribution is 2.31. The van der Waals surface area contributed by atoms with Crippen LogP contribution in [0, 0.1) is 0 Å². The number of aromatic nitrogens is 1. The molecule has 1 unspecified atom stereocenters. The fourth-order valence-corrected chi connectivity index (χ4v) is 1.51. The number of halogens is 3. The van der Waals surface area contributed by atoms with Gasteiger partial charge in [0.15, 0.2) is 11.5 Å². The van der Waals surface area contributed by atoms with Gasteiger partial charge in [0, 0.05) is 6.07 Å². The van der Waals surface area contributed by atoms with Crippen LogP contribution in [0.3, 0.4) is 0 Å². The number of hydrogen-bond donors (Lipinski definition) is 1. The van der Waals surface area contributed by atoms with E-state index in [1.807, 2.05) is 0 Å². The Morgan fingerprint density at radius 3 is 2.79 bits per heavy atom. The highest BCUT2D eigenvalue weighted by atomic mass is 19.4. The van der Waals surface area contributed by atoms with Crippen molar-refractivity contribution in [1.82, 2.24) is 10.5 Å². The van der Waals surface area contributed by atoms with E-state index in [-0.39, 0.29) is 11.8 Å². The van der Waals surface area contributed by atoms with Crippen LogP contribution in [0.15, 0.2) is 10.6 Å². The minimum absolute atomic E-state index is 0.112. The van der Waals surface area contributed by atoms with Gasteiger partial charge in [0.2, 0.25) is 0 Å². The van der Waals surface area contributed by atoms with Crippen LogP contribution in [0.2, 0.25) is 0 Å². The predicted molar refractivity (Wildman–Crippen MR) is 41.5 cm³/mol. The number of hydrogen-bond acceptors (Lipinski definition) is 3. The first-order chi connectivity index (χ1) is 6.57. The van der Waals surface area contributed by atoms with Crippen molar-refractivity contribution in [2.24, 2.45) is 0 Å². The molecule has 0 radical (unpaired) electrons. The number of alkyl halides is 3. The minimum Gasteiger partial charge on any atom is -0.359 e. The zero-order chi connectivity index (χ0) is 10.2. The topological polar surface area (TPSA) is 38.1 Å². The van der Waals surface area contributed by atoms with Crippen LogP contribution in [-0.2, 0) is 6.18 Å². The van der Waals surface area contributed by atoms with Crippen molar-refractivity contribution in [3.63, 3.8) is 0 Å². The second-order valence-corrected chi connectivity index (χ2v) is 3.26. The summed E-state index contributed by atoms with van der Waals surface area (Å²) in [5.41, 5.74) is -0.957. The molecule has 14 heavy (non-hydrogen) atoms. The molecule has 2 heterocycles. The average molecular weight is 206 g/mol. The SMILES string of the molecule is FC(F)(F)c1cc(C2CCCN2)on1. The molecular weight excluding hydrogens is 197 g/mol. The van der Waals surface area contributed by atoms with Crippen molar-refractivity contribution >= 4 is 0 Å². The third kappa shape index (κ3) is 1.75. The molecule has 1 N–H and O–H groups in total. The Morgan fingerprint density at radius 2 is 2.29 bits per heavy atom. The summed E-state index contributed by atoms with van der Waals surface area (Å²) in [6.07, 6.45) is -2.67. The highest BCUT2D eigenvalue weighted by molar-refractivity contribution is 5.12. The van der Waals surface area contributed by atoms with Crippen molar-refractivity contribution in [2.45, 2.75) is 25.1 Å². The molecule has 0 saturated carbocycles. The molecule has 78 valence electrons. The Bertz CT molecular complexity index is 315. The lowest BCUT2D eigenvalue weighted by Gasteiger charge is -2.03. The highest BCUT2D eigenvalue weighted by Gasteiger charge is 2.36. The summed E-state index contributed by atoms with van der Waals surface area (Å²) in [6.45, 7) is 0.812. The van der Waals surface area contributed by atoms with Crippen LogP contribution in [0.1, 0.15) is 30.3 Å². The summed E-state index contributed by atoms with van der Waals surface area (Å²) in [5, 5.41) is 6.03. The molecule has 1 aliphatic rings. The largest absolute Gasteiger partial charge is 0.436 e. The zero-order valence-electron chi connectivity index (χ0n) is 7.27. The number of nitrogens with zero attached hydrogens (tertiary/aromatic N) is 1. The smallest absolute Gasteiger partial charge is 0.359 e. The first kappa shape index (κ1) is 9.51. The summed E-state index contributed by atoms with van der Waals surface area (Å²) in [5.74, 6) is 0.273. The van der Waals surface area contributed by atoms with Crippen molar-refractivity contribution in [3.05, 3.63) is 17.5 Å². The van der Waals surface area contributed by atoms with E-state index in [2.05, 4.69) is 15.0 Å². The average Bonchev–Trinajstić information content (AvgIpc) is 2.73. The van der Waals surface area contributed by atoms with Gasteiger partial charge in [0.1, 0.15) is 0 Å². The van der Waals surface area contributed by atoms with Crippen molar-refractivity contribution in [3.8, 4) is 0 Å². The molecule has 0 aromatic carbocycles. The van der Waals surface area contributed by atoms with E-state index in [1.165, 1.54) is 0 Å². The molecule has 1 fully saturated rings. The molecule has 0 bridgehead atoms. The van der Waals surface area contributed by atoms with Crippen LogP contribution in [0.4, 0.5) is 13.2 Å². The predicted octanol–water partition coefficient (Wildman–Crippen LogP) is 2.12. The first-order valence-corrected chi connectivity index (χ1v) is 4.34. The lowest BCUT2D eigenvalue weighted by atomic mass is 10.2. The van der Waals surface area contributed by atoms with Crippen LogP contribution >= 0.6 is 0 Å². The van der Waals surface area contributed by atoms with Gasteiger partial charge < -0.3 is 9.84 Å². The van der Waals surface area contributed by atoms with E-state index in [9.17, 15) is 13.2 Å². The maximum atomic E-state index is 12.1. The fourth-order valence-electron chi connectivity index (χ4n) is 1.51. The third-order valence-electron chi connectivity index (χ3n) is 2.22. The monoisotopic (exact) mass is 206 g/mol. The summed E-state index contributed by atoms with van der Waals surface area (Å²) in [7, 11) is 0. The standard InChI is InChI=1S/C8H9F3N2O/c9-8(10,11)7-4-6(14-13-7)5-2-1-3-12-5/h4-5,12H,1-3H2. The molecule has 1 aromatic heterocycles. The van der Waals surface area contributed by atoms with Crippen LogP contribution < -0.4 is 5.32 Å². The molecule has 1 aromatic rings. The Balaban J connectivity index is 2.17. The Hall–Kier alpha value is -1.04. The van der Waals surface area contributed by atoms with E-state index in [0.717, 1.165) is 25.5 Å². The molecule has 6 heteroatoms. The first-order valence-electron chi connectivity index (χ1n) is 4.34.